The number of benzene rings is 1. The van der Waals surface area contributed by atoms with E-state index < -0.39 is 0 Å². The molecule has 7 nitrogen and oxygen atoms in total. The Hall–Kier alpha value is -2.16. The van der Waals surface area contributed by atoms with Crippen molar-refractivity contribution in [3.05, 3.63) is 30.5 Å². The number of hydrogen-bond donors (Lipinski definition) is 1. The lowest BCUT2D eigenvalue weighted by molar-refractivity contribution is -0.226. The predicted octanol–water partition coefficient (Wildman–Crippen LogP) is 2.97. The Labute approximate surface area is 183 Å². The largest absolute Gasteiger partial charge is 0.396 e. The highest BCUT2D eigenvalue weighted by Crippen LogP contribution is 2.40. The second-order valence-electron chi connectivity index (χ2n) is 10.2. The Morgan fingerprint density at radius 3 is 2.48 bits per heavy atom. The summed E-state index contributed by atoms with van der Waals surface area (Å²) in [6.07, 6.45) is 3.32. The zero-order valence-corrected chi connectivity index (χ0v) is 19.1. The van der Waals surface area contributed by atoms with Gasteiger partial charge < -0.3 is 28.9 Å². The molecule has 2 saturated heterocycles. The maximum Gasteiger partial charge on any atom is 0.175 e. The van der Waals surface area contributed by atoms with Crippen LogP contribution in [-0.2, 0) is 16.0 Å². The minimum absolute atomic E-state index is 0.0293. The van der Waals surface area contributed by atoms with Crippen molar-refractivity contribution in [1.82, 2.24) is 9.55 Å². The molecule has 0 saturated carbocycles. The van der Waals surface area contributed by atoms with E-state index in [1.54, 1.807) is 12.4 Å². The minimum Gasteiger partial charge on any atom is -0.396 e. The standard InChI is InChI=1S/C23H33FN4O3/c1-22(2)13-30-21(31-14-22)9-27-8-18(25-15-27)16-6-17(24)20(7-19(16)26(4)5)28-10-23(3,11-28)12-29/h6-8,15,21,29H,9-14H2,1-5H3. The van der Waals surface area contributed by atoms with Gasteiger partial charge in [0.05, 0.1) is 44.1 Å². The van der Waals surface area contributed by atoms with Gasteiger partial charge in [-0.1, -0.05) is 20.8 Å². The highest BCUT2D eigenvalue weighted by atomic mass is 19.1. The fourth-order valence-corrected chi connectivity index (χ4v) is 4.12. The van der Waals surface area contributed by atoms with Crippen molar-refractivity contribution < 1.29 is 19.0 Å². The molecule has 1 aromatic heterocycles. The molecule has 0 atom stereocenters. The van der Waals surface area contributed by atoms with Crippen LogP contribution < -0.4 is 9.80 Å². The van der Waals surface area contributed by atoms with Crippen molar-refractivity contribution in [2.45, 2.75) is 33.6 Å². The van der Waals surface area contributed by atoms with Gasteiger partial charge in [-0.15, -0.1) is 0 Å². The van der Waals surface area contributed by atoms with Gasteiger partial charge in [0, 0.05) is 55.5 Å². The quantitative estimate of drug-likeness (QED) is 0.757. The third-order valence-electron chi connectivity index (χ3n) is 6.00. The van der Waals surface area contributed by atoms with Gasteiger partial charge in [-0.3, -0.25) is 0 Å². The Morgan fingerprint density at radius 1 is 1.19 bits per heavy atom. The van der Waals surface area contributed by atoms with Crippen molar-refractivity contribution in [1.29, 1.82) is 0 Å². The smallest absolute Gasteiger partial charge is 0.175 e. The van der Waals surface area contributed by atoms with Crippen molar-refractivity contribution >= 4 is 11.4 Å². The maximum atomic E-state index is 15.1. The first kappa shape index (κ1) is 22.0. The van der Waals surface area contributed by atoms with Crippen LogP contribution in [0, 0.1) is 16.6 Å². The molecule has 170 valence electrons. The number of aliphatic hydroxyl groups is 1. The predicted molar refractivity (Wildman–Crippen MR) is 119 cm³/mol. The van der Waals surface area contributed by atoms with Gasteiger partial charge in [0.25, 0.3) is 0 Å². The number of nitrogens with zero attached hydrogens (tertiary/aromatic N) is 4. The molecule has 4 rings (SSSR count). The van der Waals surface area contributed by atoms with Crippen LogP contribution in [0.15, 0.2) is 24.7 Å². The van der Waals surface area contributed by atoms with Crippen molar-refractivity contribution in [3.8, 4) is 11.3 Å². The molecular weight excluding hydrogens is 399 g/mol. The van der Waals surface area contributed by atoms with Gasteiger partial charge in [-0.05, 0) is 12.1 Å². The summed E-state index contributed by atoms with van der Waals surface area (Å²) in [5.74, 6) is -0.281. The number of aliphatic hydroxyl groups excluding tert-OH is 1. The summed E-state index contributed by atoms with van der Waals surface area (Å²) in [6, 6.07) is 3.43. The molecular formula is C23H33FN4O3. The van der Waals surface area contributed by atoms with Gasteiger partial charge in [-0.25, -0.2) is 9.37 Å². The summed E-state index contributed by atoms with van der Waals surface area (Å²) in [4.78, 5) is 8.46. The summed E-state index contributed by atoms with van der Waals surface area (Å²) in [5.41, 5.74) is 2.76. The molecule has 0 bridgehead atoms. The van der Waals surface area contributed by atoms with Crippen molar-refractivity contribution in [3.63, 3.8) is 0 Å². The monoisotopic (exact) mass is 432 g/mol. The van der Waals surface area contributed by atoms with E-state index in [1.165, 1.54) is 0 Å². The van der Waals surface area contributed by atoms with E-state index in [0.29, 0.717) is 44.2 Å². The van der Waals surface area contributed by atoms with E-state index in [0.717, 1.165) is 11.3 Å². The SMILES string of the molecule is CN(C)c1cc(N2CC(C)(CO)C2)c(F)cc1-c1cn(CC2OCC(C)(C)CO2)cn1. The van der Waals surface area contributed by atoms with Crippen LogP contribution in [0.3, 0.4) is 0 Å². The maximum absolute atomic E-state index is 15.1. The number of imidazole rings is 1. The van der Waals surface area contributed by atoms with E-state index in [-0.39, 0.29) is 29.5 Å². The summed E-state index contributed by atoms with van der Waals surface area (Å²) in [5, 5.41) is 9.50. The summed E-state index contributed by atoms with van der Waals surface area (Å²) in [6.45, 7) is 9.47. The Balaban J connectivity index is 1.54. The molecule has 1 aromatic carbocycles. The molecule has 3 heterocycles. The lowest BCUT2D eigenvalue weighted by Crippen LogP contribution is -2.57. The lowest BCUT2D eigenvalue weighted by atomic mass is 9.82. The second kappa shape index (κ2) is 8.07. The Morgan fingerprint density at radius 2 is 1.87 bits per heavy atom. The van der Waals surface area contributed by atoms with Gasteiger partial charge >= 0.3 is 0 Å². The average molecular weight is 433 g/mol. The first-order chi connectivity index (χ1) is 14.6. The number of rotatable bonds is 6. The van der Waals surface area contributed by atoms with Gasteiger partial charge in [0.1, 0.15) is 5.82 Å². The second-order valence-corrected chi connectivity index (χ2v) is 10.2. The third-order valence-corrected chi connectivity index (χ3v) is 6.00. The van der Waals surface area contributed by atoms with Crippen LogP contribution >= 0.6 is 0 Å². The molecule has 0 aliphatic carbocycles. The molecule has 2 aliphatic rings. The molecule has 2 aliphatic heterocycles. The normalized spacial score (nSPS) is 20.5. The molecule has 2 fully saturated rings. The van der Waals surface area contributed by atoms with E-state index >= 15 is 4.39 Å². The number of hydrogen-bond acceptors (Lipinski definition) is 6. The topological polar surface area (TPSA) is 63.0 Å². The number of halogens is 1. The molecule has 0 radical (unpaired) electrons. The van der Waals surface area contributed by atoms with E-state index in [9.17, 15) is 5.11 Å². The zero-order valence-electron chi connectivity index (χ0n) is 19.1. The lowest BCUT2D eigenvalue weighted by Gasteiger charge is -2.48. The van der Waals surface area contributed by atoms with Crippen molar-refractivity contribution in [2.75, 3.05) is 56.8 Å². The van der Waals surface area contributed by atoms with E-state index in [2.05, 4.69) is 18.8 Å². The summed E-state index contributed by atoms with van der Waals surface area (Å²) < 4.78 is 28.6. The van der Waals surface area contributed by atoms with Gasteiger partial charge in [0.15, 0.2) is 6.29 Å². The van der Waals surface area contributed by atoms with Crippen LogP contribution in [0.5, 0.6) is 0 Å². The first-order valence-electron chi connectivity index (χ1n) is 10.7. The van der Waals surface area contributed by atoms with Crippen LogP contribution in [0.25, 0.3) is 11.3 Å². The molecule has 0 amide bonds. The molecule has 2 aromatic rings. The molecule has 31 heavy (non-hydrogen) atoms. The summed E-state index contributed by atoms with van der Waals surface area (Å²) in [7, 11) is 3.88. The highest BCUT2D eigenvalue weighted by molar-refractivity contribution is 5.80. The number of anilines is 2. The molecule has 1 N–H and O–H groups in total. The first-order valence-corrected chi connectivity index (χ1v) is 10.7. The van der Waals surface area contributed by atoms with Gasteiger partial charge in [0.2, 0.25) is 0 Å². The number of aromatic nitrogens is 2. The van der Waals surface area contributed by atoms with Crippen LogP contribution in [-0.4, -0.2) is 68.0 Å². The molecule has 0 spiro atoms. The molecule has 0 unspecified atom stereocenters. The fourth-order valence-electron chi connectivity index (χ4n) is 4.12. The van der Waals surface area contributed by atoms with E-state index in [1.807, 2.05) is 47.6 Å². The average Bonchev–Trinajstić information content (AvgIpc) is 3.15. The highest BCUT2D eigenvalue weighted by Gasteiger charge is 2.39. The minimum atomic E-state index is -0.310. The molecule has 8 heteroatoms. The van der Waals surface area contributed by atoms with Gasteiger partial charge in [-0.2, -0.15) is 0 Å². The Kier molecular flexibility index (Phi) is 5.74. The van der Waals surface area contributed by atoms with Crippen molar-refractivity contribution in [2.24, 2.45) is 10.8 Å². The van der Waals surface area contributed by atoms with Crippen LogP contribution in [0.2, 0.25) is 0 Å². The van der Waals surface area contributed by atoms with E-state index in [4.69, 9.17) is 9.47 Å². The third kappa shape index (κ3) is 4.56. The summed E-state index contributed by atoms with van der Waals surface area (Å²) >= 11 is 0. The zero-order chi connectivity index (χ0) is 22.4. The fraction of sp³-hybridized carbons (Fsp3) is 0.609. The number of ether oxygens (including phenoxy) is 2. The Bertz CT molecular complexity index is 927. The van der Waals surface area contributed by atoms with Crippen LogP contribution in [0.4, 0.5) is 15.8 Å². The van der Waals surface area contributed by atoms with Crippen LogP contribution in [0.1, 0.15) is 20.8 Å².